The molecular weight excluding hydrogens is 192 g/mol. The third kappa shape index (κ3) is 2.08. The second kappa shape index (κ2) is 3.89. The van der Waals surface area contributed by atoms with Crippen molar-refractivity contribution in [3.05, 3.63) is 11.1 Å². The van der Waals surface area contributed by atoms with Crippen LogP contribution in [0.1, 0.15) is 45.2 Å². The summed E-state index contributed by atoms with van der Waals surface area (Å²) in [5.74, 6) is 0. The topological polar surface area (TPSA) is 24.9 Å². The summed E-state index contributed by atoms with van der Waals surface area (Å²) in [5, 5.41) is 6.84. The minimum Gasteiger partial charge on any atom is -0.356 e. The normalized spacial score (nSPS) is 19.9. The van der Waals surface area contributed by atoms with Crippen molar-refractivity contribution in [3.63, 3.8) is 0 Å². The number of anilines is 1. The monoisotopic (exact) mass is 210 g/mol. The molecule has 0 radical (unpaired) electrons. The number of thiazole rings is 1. The fourth-order valence-electron chi connectivity index (χ4n) is 2.07. The van der Waals surface area contributed by atoms with Crippen LogP contribution in [-0.4, -0.2) is 10.5 Å². The maximum atomic E-state index is 4.54. The first-order valence-electron chi connectivity index (χ1n) is 5.44. The van der Waals surface area contributed by atoms with Gasteiger partial charge in [0.1, 0.15) is 0 Å². The molecule has 3 heteroatoms. The van der Waals surface area contributed by atoms with E-state index in [9.17, 15) is 0 Å². The molecule has 0 saturated heterocycles. The number of hydrogen-bond donors (Lipinski definition) is 1. The van der Waals surface area contributed by atoms with E-state index in [1.807, 2.05) is 0 Å². The average Bonchev–Trinajstić information content (AvgIpc) is 2.75. The second-order valence-electron chi connectivity index (χ2n) is 4.39. The summed E-state index contributed by atoms with van der Waals surface area (Å²) < 4.78 is 0. The molecule has 1 aliphatic carbocycles. The van der Waals surface area contributed by atoms with Crippen molar-refractivity contribution >= 4 is 16.5 Å². The number of hydrogen-bond acceptors (Lipinski definition) is 3. The van der Waals surface area contributed by atoms with E-state index in [0.29, 0.717) is 5.54 Å². The maximum Gasteiger partial charge on any atom is 0.183 e. The van der Waals surface area contributed by atoms with E-state index in [1.165, 1.54) is 31.4 Å². The lowest BCUT2D eigenvalue weighted by molar-refractivity contribution is 0.533. The van der Waals surface area contributed by atoms with E-state index in [4.69, 9.17) is 0 Å². The molecule has 1 aromatic rings. The minimum absolute atomic E-state index is 0.308. The highest BCUT2D eigenvalue weighted by molar-refractivity contribution is 7.13. The molecule has 0 amide bonds. The van der Waals surface area contributed by atoms with Crippen LogP contribution in [0.15, 0.2) is 5.38 Å². The summed E-state index contributed by atoms with van der Waals surface area (Å²) in [5.41, 5.74) is 1.52. The minimum atomic E-state index is 0.308. The Morgan fingerprint density at radius 2 is 2.21 bits per heavy atom. The third-order valence-electron chi connectivity index (χ3n) is 3.03. The lowest BCUT2D eigenvalue weighted by Crippen LogP contribution is -2.30. The van der Waals surface area contributed by atoms with Crippen LogP contribution in [-0.2, 0) is 6.42 Å². The number of nitrogens with zero attached hydrogens (tertiary/aromatic N) is 1. The molecule has 0 atom stereocenters. The Hall–Kier alpha value is -0.570. The van der Waals surface area contributed by atoms with Crippen LogP contribution in [0.4, 0.5) is 5.13 Å². The zero-order valence-electron chi connectivity index (χ0n) is 8.97. The number of nitrogens with one attached hydrogen (secondary N) is 1. The van der Waals surface area contributed by atoms with Gasteiger partial charge in [-0.05, 0) is 26.2 Å². The van der Waals surface area contributed by atoms with E-state index >= 15 is 0 Å². The van der Waals surface area contributed by atoms with Gasteiger partial charge in [0.25, 0.3) is 0 Å². The van der Waals surface area contributed by atoms with Gasteiger partial charge in [-0.1, -0.05) is 19.8 Å². The first-order chi connectivity index (χ1) is 6.72. The molecular formula is C11H18N2S. The van der Waals surface area contributed by atoms with Gasteiger partial charge in [-0.3, -0.25) is 0 Å². The van der Waals surface area contributed by atoms with E-state index in [2.05, 4.69) is 29.5 Å². The number of aryl methyl sites for hydroxylation is 1. The molecule has 1 saturated carbocycles. The summed E-state index contributed by atoms with van der Waals surface area (Å²) in [4.78, 5) is 4.54. The molecule has 1 fully saturated rings. The lowest BCUT2D eigenvalue weighted by atomic mass is 10.0. The Labute approximate surface area is 89.8 Å². The molecule has 2 rings (SSSR count). The van der Waals surface area contributed by atoms with Crippen LogP contribution < -0.4 is 5.32 Å². The van der Waals surface area contributed by atoms with Gasteiger partial charge in [0.15, 0.2) is 5.13 Å². The molecule has 14 heavy (non-hydrogen) atoms. The van der Waals surface area contributed by atoms with Gasteiger partial charge in [-0.15, -0.1) is 11.3 Å². The van der Waals surface area contributed by atoms with E-state index in [0.717, 1.165) is 11.6 Å². The highest BCUT2D eigenvalue weighted by Crippen LogP contribution is 2.33. The van der Waals surface area contributed by atoms with Crippen molar-refractivity contribution in [2.24, 2.45) is 0 Å². The highest BCUT2D eigenvalue weighted by Gasteiger charge is 2.28. The van der Waals surface area contributed by atoms with E-state index in [1.54, 1.807) is 11.3 Å². The molecule has 2 nitrogen and oxygen atoms in total. The van der Waals surface area contributed by atoms with Crippen molar-refractivity contribution in [2.45, 2.75) is 51.5 Å². The Balaban J connectivity index is 2.02. The van der Waals surface area contributed by atoms with Crippen molar-refractivity contribution in [1.82, 2.24) is 4.98 Å². The summed E-state index contributed by atoms with van der Waals surface area (Å²) in [6.07, 6.45) is 6.32. The molecule has 0 aliphatic heterocycles. The summed E-state index contributed by atoms with van der Waals surface area (Å²) in [7, 11) is 0. The molecule has 0 unspecified atom stereocenters. The summed E-state index contributed by atoms with van der Waals surface area (Å²) in [6.45, 7) is 4.46. The van der Waals surface area contributed by atoms with Gasteiger partial charge in [0.05, 0.1) is 5.69 Å². The van der Waals surface area contributed by atoms with Crippen LogP contribution in [0.5, 0.6) is 0 Å². The second-order valence-corrected chi connectivity index (χ2v) is 5.25. The molecule has 0 aromatic carbocycles. The summed E-state index contributed by atoms with van der Waals surface area (Å²) in [6, 6.07) is 0. The standard InChI is InChI=1S/C11H18N2S/c1-3-9-8-14-10(12-9)13-11(2)6-4-5-7-11/h8H,3-7H2,1-2H3,(H,12,13). The van der Waals surface area contributed by atoms with Crippen molar-refractivity contribution in [2.75, 3.05) is 5.32 Å². The van der Waals surface area contributed by atoms with E-state index < -0.39 is 0 Å². The van der Waals surface area contributed by atoms with Gasteiger partial charge >= 0.3 is 0 Å². The van der Waals surface area contributed by atoms with Crippen molar-refractivity contribution in [1.29, 1.82) is 0 Å². The van der Waals surface area contributed by atoms with Gasteiger partial charge in [-0.25, -0.2) is 4.98 Å². The van der Waals surface area contributed by atoms with Crippen LogP contribution in [0.3, 0.4) is 0 Å². The molecule has 1 aromatic heterocycles. The first-order valence-corrected chi connectivity index (χ1v) is 6.32. The van der Waals surface area contributed by atoms with Gasteiger partial charge in [0.2, 0.25) is 0 Å². The molecule has 1 heterocycles. The molecule has 78 valence electrons. The van der Waals surface area contributed by atoms with Gasteiger partial charge in [0, 0.05) is 10.9 Å². The predicted octanol–water partition coefficient (Wildman–Crippen LogP) is 3.45. The van der Waals surface area contributed by atoms with E-state index in [-0.39, 0.29) is 0 Å². The lowest BCUT2D eigenvalue weighted by Gasteiger charge is -2.24. The summed E-state index contributed by atoms with van der Waals surface area (Å²) >= 11 is 1.74. The fraction of sp³-hybridized carbons (Fsp3) is 0.727. The largest absolute Gasteiger partial charge is 0.356 e. The Morgan fingerprint density at radius 3 is 2.79 bits per heavy atom. The smallest absolute Gasteiger partial charge is 0.183 e. The van der Waals surface area contributed by atoms with Crippen LogP contribution in [0.2, 0.25) is 0 Å². The van der Waals surface area contributed by atoms with Gasteiger partial charge in [-0.2, -0.15) is 0 Å². The zero-order chi connectivity index (χ0) is 10.0. The van der Waals surface area contributed by atoms with Crippen molar-refractivity contribution < 1.29 is 0 Å². The van der Waals surface area contributed by atoms with Crippen LogP contribution in [0.25, 0.3) is 0 Å². The first kappa shape index (κ1) is 9.97. The SMILES string of the molecule is CCc1csc(NC2(C)CCCC2)n1. The van der Waals surface area contributed by atoms with Crippen molar-refractivity contribution in [3.8, 4) is 0 Å². The average molecular weight is 210 g/mol. The quantitative estimate of drug-likeness (QED) is 0.826. The molecule has 0 bridgehead atoms. The fourth-order valence-corrected chi connectivity index (χ4v) is 3.01. The molecule has 1 N–H and O–H groups in total. The number of aromatic nitrogens is 1. The Bertz CT molecular complexity index is 300. The van der Waals surface area contributed by atoms with Crippen LogP contribution >= 0.6 is 11.3 Å². The molecule has 1 aliphatic rings. The molecule has 0 spiro atoms. The number of rotatable bonds is 3. The van der Waals surface area contributed by atoms with Gasteiger partial charge < -0.3 is 5.32 Å². The van der Waals surface area contributed by atoms with Crippen LogP contribution in [0, 0.1) is 0 Å². The zero-order valence-corrected chi connectivity index (χ0v) is 9.78. The maximum absolute atomic E-state index is 4.54. The third-order valence-corrected chi connectivity index (χ3v) is 3.84. The predicted molar refractivity (Wildman–Crippen MR) is 62.0 cm³/mol. The Kier molecular flexibility index (Phi) is 2.77. The highest BCUT2D eigenvalue weighted by atomic mass is 32.1. The Morgan fingerprint density at radius 1 is 1.50 bits per heavy atom.